The molecule has 3 aromatic rings. The zero-order valence-electron chi connectivity index (χ0n) is 14.3. The Morgan fingerprint density at radius 2 is 1.88 bits per heavy atom. The number of hydrogen-bond donors (Lipinski definition) is 2. The summed E-state index contributed by atoms with van der Waals surface area (Å²) in [7, 11) is 0. The topological polar surface area (TPSA) is 41.9 Å². The quantitative estimate of drug-likeness (QED) is 0.707. The first-order valence-corrected chi connectivity index (χ1v) is 8.49. The maximum absolute atomic E-state index is 5.39. The van der Waals surface area contributed by atoms with E-state index in [9.17, 15) is 0 Å². The van der Waals surface area contributed by atoms with E-state index >= 15 is 0 Å². The zero-order chi connectivity index (χ0) is 17.1. The molecule has 0 bridgehead atoms. The van der Waals surface area contributed by atoms with Gasteiger partial charge < -0.3 is 15.2 Å². The highest BCUT2D eigenvalue weighted by Gasteiger charge is 2.06. The van der Waals surface area contributed by atoms with Crippen LogP contribution in [0.4, 0.5) is 5.69 Å². The van der Waals surface area contributed by atoms with Crippen molar-refractivity contribution in [2.75, 3.05) is 11.9 Å². The number of fused-ring (bicyclic) bond motifs is 1. The standard InChI is InChI=1S/C19H22N4S/c1-13-8-9-16(12-14(13)2)22-19(24)20-10-11-23-15(3)21-17-6-4-5-7-18(17)23/h4-9,12H,10-11H2,1-3H3,(H2,20,22,24). The minimum Gasteiger partial charge on any atom is -0.361 e. The van der Waals surface area contributed by atoms with Crippen molar-refractivity contribution in [2.24, 2.45) is 0 Å². The highest BCUT2D eigenvalue weighted by atomic mass is 32.1. The number of benzene rings is 2. The van der Waals surface area contributed by atoms with Crippen LogP contribution < -0.4 is 10.6 Å². The number of anilines is 1. The average molecular weight is 338 g/mol. The van der Waals surface area contributed by atoms with Crippen LogP contribution in [0.5, 0.6) is 0 Å². The van der Waals surface area contributed by atoms with Gasteiger partial charge >= 0.3 is 0 Å². The molecule has 2 aromatic carbocycles. The van der Waals surface area contributed by atoms with Crippen molar-refractivity contribution in [3.63, 3.8) is 0 Å². The highest BCUT2D eigenvalue weighted by Crippen LogP contribution is 2.15. The van der Waals surface area contributed by atoms with Crippen LogP contribution in [0.3, 0.4) is 0 Å². The number of imidazole rings is 1. The summed E-state index contributed by atoms with van der Waals surface area (Å²) in [5.74, 6) is 1.02. The molecule has 0 radical (unpaired) electrons. The number of hydrogen-bond acceptors (Lipinski definition) is 2. The first kappa shape index (κ1) is 16.5. The molecule has 0 saturated carbocycles. The van der Waals surface area contributed by atoms with Gasteiger partial charge in [-0.05, 0) is 68.4 Å². The number of nitrogens with zero attached hydrogens (tertiary/aromatic N) is 2. The summed E-state index contributed by atoms with van der Waals surface area (Å²) in [5.41, 5.74) is 5.74. The van der Waals surface area contributed by atoms with E-state index in [2.05, 4.69) is 52.2 Å². The van der Waals surface area contributed by atoms with E-state index in [0.29, 0.717) is 5.11 Å². The molecule has 1 heterocycles. The average Bonchev–Trinajstić information content (AvgIpc) is 2.87. The van der Waals surface area contributed by atoms with Crippen molar-refractivity contribution < 1.29 is 0 Å². The van der Waals surface area contributed by atoms with E-state index < -0.39 is 0 Å². The molecule has 0 aliphatic carbocycles. The smallest absolute Gasteiger partial charge is 0.170 e. The summed E-state index contributed by atoms with van der Waals surface area (Å²) in [6.07, 6.45) is 0. The zero-order valence-corrected chi connectivity index (χ0v) is 15.1. The maximum atomic E-state index is 5.39. The van der Waals surface area contributed by atoms with Gasteiger partial charge in [0.25, 0.3) is 0 Å². The number of aromatic nitrogens is 2. The lowest BCUT2D eigenvalue weighted by Gasteiger charge is -2.13. The number of nitrogens with one attached hydrogen (secondary N) is 2. The molecule has 124 valence electrons. The lowest BCUT2D eigenvalue weighted by atomic mass is 10.1. The maximum Gasteiger partial charge on any atom is 0.170 e. The predicted molar refractivity (Wildman–Crippen MR) is 105 cm³/mol. The van der Waals surface area contributed by atoms with E-state index in [1.165, 1.54) is 11.1 Å². The minimum absolute atomic E-state index is 0.639. The van der Waals surface area contributed by atoms with Gasteiger partial charge in [-0.1, -0.05) is 18.2 Å². The lowest BCUT2D eigenvalue weighted by Crippen LogP contribution is -2.31. The third kappa shape index (κ3) is 3.57. The van der Waals surface area contributed by atoms with Gasteiger partial charge in [0.1, 0.15) is 5.82 Å². The van der Waals surface area contributed by atoms with Crippen LogP contribution in [0.1, 0.15) is 17.0 Å². The van der Waals surface area contributed by atoms with E-state index in [4.69, 9.17) is 12.2 Å². The molecule has 0 unspecified atom stereocenters. The Bertz CT molecular complexity index is 882. The molecule has 2 N–H and O–H groups in total. The molecule has 0 amide bonds. The molecule has 0 saturated heterocycles. The van der Waals surface area contributed by atoms with Crippen LogP contribution in [0.25, 0.3) is 11.0 Å². The van der Waals surface area contributed by atoms with Gasteiger partial charge in [-0.25, -0.2) is 4.98 Å². The minimum atomic E-state index is 0.639. The number of para-hydroxylation sites is 2. The molecule has 1 aromatic heterocycles. The fourth-order valence-corrected chi connectivity index (χ4v) is 2.97. The highest BCUT2D eigenvalue weighted by molar-refractivity contribution is 7.80. The van der Waals surface area contributed by atoms with Crippen LogP contribution >= 0.6 is 12.2 Å². The summed E-state index contributed by atoms with van der Waals surface area (Å²) in [4.78, 5) is 4.58. The molecule has 0 atom stereocenters. The van der Waals surface area contributed by atoms with Crippen molar-refractivity contribution in [1.29, 1.82) is 0 Å². The van der Waals surface area contributed by atoms with E-state index in [0.717, 1.165) is 35.6 Å². The fraction of sp³-hybridized carbons (Fsp3) is 0.263. The molecule has 4 nitrogen and oxygen atoms in total. The SMILES string of the molecule is Cc1ccc(NC(=S)NCCn2c(C)nc3ccccc32)cc1C. The van der Waals surface area contributed by atoms with E-state index in [-0.39, 0.29) is 0 Å². The molecule has 3 rings (SSSR count). The second-order valence-electron chi connectivity index (χ2n) is 5.98. The first-order valence-electron chi connectivity index (χ1n) is 8.08. The van der Waals surface area contributed by atoms with Crippen LogP contribution in [0, 0.1) is 20.8 Å². The van der Waals surface area contributed by atoms with E-state index in [1.807, 2.05) is 31.2 Å². The van der Waals surface area contributed by atoms with E-state index in [1.54, 1.807) is 0 Å². The third-order valence-electron chi connectivity index (χ3n) is 4.23. The van der Waals surface area contributed by atoms with Crippen molar-refractivity contribution in [3.8, 4) is 0 Å². The summed E-state index contributed by atoms with van der Waals surface area (Å²) < 4.78 is 2.21. The molecule has 0 fully saturated rings. The molecular weight excluding hydrogens is 316 g/mol. The monoisotopic (exact) mass is 338 g/mol. The van der Waals surface area contributed by atoms with Crippen molar-refractivity contribution in [3.05, 3.63) is 59.4 Å². The van der Waals surface area contributed by atoms with Crippen molar-refractivity contribution in [2.45, 2.75) is 27.3 Å². The summed E-state index contributed by atoms with van der Waals surface area (Å²) in [5, 5.41) is 7.14. The molecule has 0 aliphatic heterocycles. The Morgan fingerprint density at radius 1 is 1.08 bits per heavy atom. The Kier molecular flexibility index (Phi) is 4.81. The summed E-state index contributed by atoms with van der Waals surface area (Å²) in [6, 6.07) is 14.4. The molecular formula is C19H22N4S. The van der Waals surface area contributed by atoms with Crippen molar-refractivity contribution in [1.82, 2.24) is 14.9 Å². The van der Waals surface area contributed by atoms with Crippen LogP contribution in [-0.2, 0) is 6.54 Å². The Morgan fingerprint density at radius 3 is 2.67 bits per heavy atom. The Labute approximate surface area is 147 Å². The molecule has 0 spiro atoms. The van der Waals surface area contributed by atoms with Crippen LogP contribution in [0.15, 0.2) is 42.5 Å². The largest absolute Gasteiger partial charge is 0.361 e. The van der Waals surface area contributed by atoms with Crippen LogP contribution in [-0.4, -0.2) is 21.2 Å². The van der Waals surface area contributed by atoms with Gasteiger partial charge in [-0.15, -0.1) is 0 Å². The van der Waals surface area contributed by atoms with Gasteiger partial charge in [-0.3, -0.25) is 0 Å². The Hall–Kier alpha value is -2.40. The first-order chi connectivity index (χ1) is 11.5. The number of aryl methyl sites for hydroxylation is 3. The molecule has 0 aliphatic rings. The lowest BCUT2D eigenvalue weighted by molar-refractivity contribution is 0.673. The molecule has 24 heavy (non-hydrogen) atoms. The Balaban J connectivity index is 1.58. The number of rotatable bonds is 4. The van der Waals surface area contributed by atoms with Gasteiger partial charge in [0.05, 0.1) is 11.0 Å². The fourth-order valence-electron chi connectivity index (χ4n) is 2.75. The second kappa shape index (κ2) is 7.01. The molecule has 5 heteroatoms. The normalized spacial score (nSPS) is 10.8. The van der Waals surface area contributed by atoms with Crippen LogP contribution in [0.2, 0.25) is 0 Å². The third-order valence-corrected chi connectivity index (χ3v) is 4.48. The summed E-state index contributed by atoms with van der Waals surface area (Å²) >= 11 is 5.39. The van der Waals surface area contributed by atoms with Gasteiger partial charge in [0.15, 0.2) is 5.11 Å². The van der Waals surface area contributed by atoms with Gasteiger partial charge in [0, 0.05) is 18.8 Å². The predicted octanol–water partition coefficient (Wildman–Crippen LogP) is 3.95. The summed E-state index contributed by atoms with van der Waals surface area (Å²) in [6.45, 7) is 7.81. The van der Waals surface area contributed by atoms with Crippen molar-refractivity contribution >= 4 is 34.1 Å². The van der Waals surface area contributed by atoms with Gasteiger partial charge in [0.2, 0.25) is 0 Å². The number of thiocarbonyl (C=S) groups is 1. The second-order valence-corrected chi connectivity index (χ2v) is 6.39. The van der Waals surface area contributed by atoms with Gasteiger partial charge in [-0.2, -0.15) is 0 Å².